The zero-order chi connectivity index (χ0) is 13.8. The number of ether oxygens (including phenoxy) is 1. The van der Waals surface area contributed by atoms with Gasteiger partial charge in [-0.05, 0) is 50.4 Å². The van der Waals surface area contributed by atoms with Crippen LogP contribution in [0.15, 0.2) is 0 Å². The predicted molar refractivity (Wildman–Crippen MR) is 77.2 cm³/mol. The van der Waals surface area contributed by atoms with Crippen LogP contribution in [0.2, 0.25) is 0 Å². The normalized spacial score (nSPS) is 24.2. The Morgan fingerprint density at radius 1 is 1.17 bits per heavy atom. The molecule has 0 bridgehead atoms. The monoisotopic (exact) mass is 256 g/mol. The molecule has 0 aliphatic heterocycles. The topological polar surface area (TPSA) is 47.3 Å². The largest absolute Gasteiger partial charge is 0.374 e. The van der Waals surface area contributed by atoms with E-state index in [1.54, 1.807) is 0 Å². The summed E-state index contributed by atoms with van der Waals surface area (Å²) in [6.07, 6.45) is 5.77. The van der Waals surface area contributed by atoms with E-state index in [0.29, 0.717) is 11.3 Å². The molecule has 3 nitrogen and oxygen atoms in total. The molecule has 1 fully saturated rings. The van der Waals surface area contributed by atoms with Crippen LogP contribution in [0.4, 0.5) is 0 Å². The molecular weight excluding hydrogens is 224 g/mol. The lowest BCUT2D eigenvalue weighted by atomic mass is 9.67. The van der Waals surface area contributed by atoms with E-state index in [9.17, 15) is 0 Å². The maximum Gasteiger partial charge on any atom is 0.0848 e. The average molecular weight is 256 g/mol. The quantitative estimate of drug-likeness (QED) is 0.566. The molecule has 3 heteroatoms. The molecular formula is C15H32N2O. The van der Waals surface area contributed by atoms with Gasteiger partial charge in [0.2, 0.25) is 0 Å². The molecule has 1 saturated carbocycles. The summed E-state index contributed by atoms with van der Waals surface area (Å²) in [5.74, 6) is 6.44. The summed E-state index contributed by atoms with van der Waals surface area (Å²) >= 11 is 0. The first-order valence-electron chi connectivity index (χ1n) is 7.45. The van der Waals surface area contributed by atoms with E-state index in [0.717, 1.165) is 25.9 Å². The van der Waals surface area contributed by atoms with Gasteiger partial charge in [0.15, 0.2) is 0 Å². The Labute approximate surface area is 113 Å². The van der Waals surface area contributed by atoms with E-state index < -0.39 is 0 Å². The van der Waals surface area contributed by atoms with E-state index in [-0.39, 0.29) is 11.6 Å². The molecule has 108 valence electrons. The van der Waals surface area contributed by atoms with E-state index in [1.807, 2.05) is 0 Å². The average Bonchev–Trinajstić information content (AvgIpc) is 2.29. The lowest BCUT2D eigenvalue weighted by molar-refractivity contribution is -0.109. The Balaban J connectivity index is 2.79. The molecule has 0 amide bonds. The second kappa shape index (κ2) is 6.36. The fourth-order valence-corrected chi connectivity index (χ4v) is 3.14. The summed E-state index contributed by atoms with van der Waals surface area (Å²) < 4.78 is 6.18. The van der Waals surface area contributed by atoms with Gasteiger partial charge in [-0.1, -0.05) is 27.7 Å². The van der Waals surface area contributed by atoms with Crippen LogP contribution in [0.25, 0.3) is 0 Å². The lowest BCUT2D eigenvalue weighted by Crippen LogP contribution is -2.57. The van der Waals surface area contributed by atoms with Crippen LogP contribution < -0.4 is 11.3 Å². The van der Waals surface area contributed by atoms with Crippen LogP contribution in [-0.2, 0) is 4.74 Å². The highest BCUT2D eigenvalue weighted by atomic mass is 16.5. The molecule has 18 heavy (non-hydrogen) atoms. The van der Waals surface area contributed by atoms with Crippen LogP contribution in [-0.4, -0.2) is 18.2 Å². The van der Waals surface area contributed by atoms with Crippen LogP contribution in [0, 0.1) is 11.3 Å². The molecule has 0 spiro atoms. The summed E-state index contributed by atoms with van der Waals surface area (Å²) in [5, 5.41) is 0. The van der Waals surface area contributed by atoms with Gasteiger partial charge < -0.3 is 4.74 Å². The first kappa shape index (κ1) is 15.9. The van der Waals surface area contributed by atoms with Crippen molar-refractivity contribution < 1.29 is 4.74 Å². The third-order valence-corrected chi connectivity index (χ3v) is 4.43. The molecule has 3 N–H and O–H groups in total. The van der Waals surface area contributed by atoms with Crippen LogP contribution in [0.3, 0.4) is 0 Å². The van der Waals surface area contributed by atoms with E-state index in [1.165, 1.54) is 12.8 Å². The molecule has 0 heterocycles. The van der Waals surface area contributed by atoms with Gasteiger partial charge in [-0.15, -0.1) is 0 Å². The third kappa shape index (κ3) is 3.94. The van der Waals surface area contributed by atoms with Crippen molar-refractivity contribution in [2.45, 2.75) is 78.4 Å². The Bertz CT molecular complexity index is 241. The summed E-state index contributed by atoms with van der Waals surface area (Å²) in [7, 11) is 0. The van der Waals surface area contributed by atoms with Gasteiger partial charge in [0.1, 0.15) is 0 Å². The molecule has 1 rings (SSSR count). The van der Waals surface area contributed by atoms with E-state index in [2.05, 4.69) is 40.0 Å². The SMILES string of the molecule is CCOC1(C(CC(C)C)NN)CCC(C)(C)CC1. The second-order valence-electron chi connectivity index (χ2n) is 7.01. The van der Waals surface area contributed by atoms with Crippen molar-refractivity contribution in [1.82, 2.24) is 5.43 Å². The molecule has 0 aromatic heterocycles. The van der Waals surface area contributed by atoms with Gasteiger partial charge in [-0.3, -0.25) is 11.3 Å². The molecule has 0 aromatic carbocycles. The zero-order valence-corrected chi connectivity index (χ0v) is 12.9. The summed E-state index contributed by atoms with van der Waals surface area (Å²) in [4.78, 5) is 0. The van der Waals surface area contributed by atoms with E-state index in [4.69, 9.17) is 10.6 Å². The van der Waals surface area contributed by atoms with Crippen molar-refractivity contribution in [3.8, 4) is 0 Å². The predicted octanol–water partition coefficient (Wildman–Crippen LogP) is 3.24. The molecule has 1 unspecified atom stereocenters. The number of hydrogen-bond donors (Lipinski definition) is 2. The number of rotatable bonds is 6. The summed E-state index contributed by atoms with van der Waals surface area (Å²) in [6, 6.07) is 0.272. The Hall–Kier alpha value is -0.120. The molecule has 0 aromatic rings. The number of hydrogen-bond acceptors (Lipinski definition) is 3. The highest BCUT2D eigenvalue weighted by molar-refractivity contribution is 4.98. The highest BCUT2D eigenvalue weighted by Crippen LogP contribution is 2.44. The first-order chi connectivity index (χ1) is 8.35. The molecule has 1 aliphatic carbocycles. The standard InChI is InChI=1S/C15H32N2O/c1-6-18-15(13(17-16)11-12(2)3)9-7-14(4,5)8-10-15/h12-13,17H,6-11,16H2,1-5H3. The summed E-state index contributed by atoms with van der Waals surface area (Å²) in [5.41, 5.74) is 3.43. The zero-order valence-electron chi connectivity index (χ0n) is 12.9. The lowest BCUT2D eigenvalue weighted by Gasteiger charge is -2.47. The maximum absolute atomic E-state index is 6.18. The summed E-state index contributed by atoms with van der Waals surface area (Å²) in [6.45, 7) is 12.1. The first-order valence-corrected chi connectivity index (χ1v) is 7.45. The van der Waals surface area contributed by atoms with E-state index >= 15 is 0 Å². The Kier molecular flexibility index (Phi) is 5.63. The van der Waals surface area contributed by atoms with Gasteiger partial charge in [0.25, 0.3) is 0 Å². The van der Waals surface area contributed by atoms with Crippen molar-refractivity contribution in [3.63, 3.8) is 0 Å². The molecule has 0 radical (unpaired) electrons. The maximum atomic E-state index is 6.18. The van der Waals surface area contributed by atoms with Crippen molar-refractivity contribution >= 4 is 0 Å². The van der Waals surface area contributed by atoms with Crippen molar-refractivity contribution in [1.29, 1.82) is 0 Å². The van der Waals surface area contributed by atoms with Crippen molar-refractivity contribution in [3.05, 3.63) is 0 Å². The fourth-order valence-electron chi connectivity index (χ4n) is 3.14. The number of nitrogens with one attached hydrogen (secondary N) is 1. The van der Waals surface area contributed by atoms with Crippen molar-refractivity contribution in [2.75, 3.05) is 6.61 Å². The number of hydrazine groups is 1. The van der Waals surface area contributed by atoms with Gasteiger partial charge >= 0.3 is 0 Å². The molecule has 0 saturated heterocycles. The number of nitrogens with two attached hydrogens (primary N) is 1. The Morgan fingerprint density at radius 2 is 1.72 bits per heavy atom. The van der Waals surface area contributed by atoms with Crippen LogP contribution >= 0.6 is 0 Å². The fraction of sp³-hybridized carbons (Fsp3) is 1.00. The van der Waals surface area contributed by atoms with Crippen LogP contribution in [0.1, 0.15) is 66.7 Å². The second-order valence-corrected chi connectivity index (χ2v) is 7.01. The van der Waals surface area contributed by atoms with Crippen molar-refractivity contribution in [2.24, 2.45) is 17.2 Å². The van der Waals surface area contributed by atoms with Crippen LogP contribution in [0.5, 0.6) is 0 Å². The minimum absolute atomic E-state index is 0.0523. The molecule has 1 aliphatic rings. The minimum atomic E-state index is -0.0523. The molecule has 1 atom stereocenters. The van der Waals surface area contributed by atoms with Gasteiger partial charge in [0, 0.05) is 6.61 Å². The van der Waals surface area contributed by atoms with Gasteiger partial charge in [-0.25, -0.2) is 0 Å². The smallest absolute Gasteiger partial charge is 0.0848 e. The van der Waals surface area contributed by atoms with Gasteiger partial charge in [0.05, 0.1) is 11.6 Å². The highest BCUT2D eigenvalue weighted by Gasteiger charge is 2.44. The van der Waals surface area contributed by atoms with Gasteiger partial charge in [-0.2, -0.15) is 0 Å². The minimum Gasteiger partial charge on any atom is -0.374 e. The Morgan fingerprint density at radius 3 is 2.11 bits per heavy atom. The third-order valence-electron chi connectivity index (χ3n) is 4.43.